The van der Waals surface area contributed by atoms with Gasteiger partial charge in [0.05, 0.1) is 6.10 Å². The molecule has 0 aromatic rings. The highest BCUT2D eigenvalue weighted by atomic mass is 28.4. The normalized spacial score (nSPS) is 34.1. The van der Waals surface area contributed by atoms with Crippen molar-refractivity contribution in [3.05, 3.63) is 35.5 Å². The van der Waals surface area contributed by atoms with Crippen molar-refractivity contribution in [3.63, 3.8) is 0 Å². The Bertz CT molecular complexity index is 675. The minimum atomic E-state index is -1.79. The van der Waals surface area contributed by atoms with E-state index in [2.05, 4.69) is 33.8 Å². The van der Waals surface area contributed by atoms with Gasteiger partial charge in [-0.15, -0.1) is 0 Å². The summed E-state index contributed by atoms with van der Waals surface area (Å²) in [5.41, 5.74) is 2.07. The first-order valence-corrected chi connectivity index (χ1v) is 12.7. The molecule has 0 fully saturated rings. The first-order valence-electron chi connectivity index (χ1n) is 10.2. The van der Waals surface area contributed by atoms with E-state index in [0.29, 0.717) is 0 Å². The van der Waals surface area contributed by atoms with Crippen LogP contribution in [0.1, 0.15) is 41.0 Å². The van der Waals surface area contributed by atoms with Crippen LogP contribution in [-0.4, -0.2) is 26.0 Å². The summed E-state index contributed by atoms with van der Waals surface area (Å²) in [6.45, 7) is 10.7. The maximum absolute atomic E-state index is 13.0. The van der Waals surface area contributed by atoms with Gasteiger partial charge in [0.2, 0.25) is 0 Å². The molecular weight excluding hydrogens is 340 g/mol. The maximum Gasteiger partial charge on any atom is 0.192 e. The first kappa shape index (κ1) is 19.5. The fraction of sp³-hybridized carbons (Fsp3) is 0.636. The van der Waals surface area contributed by atoms with Gasteiger partial charge in [0.15, 0.2) is 19.9 Å². The molecule has 0 amide bonds. The molecule has 4 heteroatoms. The third-order valence-electron chi connectivity index (χ3n) is 7.12. The lowest BCUT2D eigenvalue weighted by molar-refractivity contribution is -0.133. The van der Waals surface area contributed by atoms with Crippen LogP contribution in [-0.2, 0) is 14.0 Å². The highest BCUT2D eigenvalue weighted by Crippen LogP contribution is 2.48. The number of carbonyl (C=O) groups is 2. The number of fused-ring (bicyclic) bond motifs is 3. The van der Waals surface area contributed by atoms with Gasteiger partial charge in [-0.05, 0) is 56.0 Å². The molecule has 5 atom stereocenters. The summed E-state index contributed by atoms with van der Waals surface area (Å²) in [5, 5.41) is 0. The average Bonchev–Trinajstić information content (AvgIpc) is 2.64. The van der Waals surface area contributed by atoms with Crippen LogP contribution in [0.5, 0.6) is 0 Å². The van der Waals surface area contributed by atoms with Crippen LogP contribution in [0, 0.1) is 23.7 Å². The first-order chi connectivity index (χ1) is 12.4. The topological polar surface area (TPSA) is 43.4 Å². The van der Waals surface area contributed by atoms with Gasteiger partial charge in [-0.1, -0.05) is 44.6 Å². The van der Waals surface area contributed by atoms with E-state index in [4.69, 9.17) is 4.43 Å². The lowest BCUT2D eigenvalue weighted by Gasteiger charge is -2.47. The number of Topliss-reactive ketones (excluding diaryl/α,β-unsaturated/α-hetero) is 1. The van der Waals surface area contributed by atoms with Crippen molar-refractivity contribution in [1.29, 1.82) is 0 Å². The van der Waals surface area contributed by atoms with E-state index in [1.807, 2.05) is 19.1 Å². The van der Waals surface area contributed by atoms with Crippen LogP contribution in [0.4, 0.5) is 0 Å². The Morgan fingerprint density at radius 2 is 1.73 bits per heavy atom. The molecule has 1 unspecified atom stereocenters. The number of hydrogen-bond acceptors (Lipinski definition) is 3. The van der Waals surface area contributed by atoms with E-state index in [1.165, 1.54) is 5.57 Å². The molecule has 0 heterocycles. The van der Waals surface area contributed by atoms with Crippen LogP contribution in [0.15, 0.2) is 35.5 Å². The number of hydrogen-bond donors (Lipinski definition) is 0. The van der Waals surface area contributed by atoms with E-state index in [9.17, 15) is 9.59 Å². The second-order valence-electron chi connectivity index (χ2n) is 8.22. The van der Waals surface area contributed by atoms with Gasteiger partial charge in [-0.3, -0.25) is 9.59 Å². The van der Waals surface area contributed by atoms with Crippen LogP contribution in [0.3, 0.4) is 0 Å². The summed E-state index contributed by atoms with van der Waals surface area (Å²) < 4.78 is 6.76. The van der Waals surface area contributed by atoms with Gasteiger partial charge in [0, 0.05) is 17.8 Å². The summed E-state index contributed by atoms with van der Waals surface area (Å²) in [5.74, 6) is -0.0229. The number of rotatable bonds is 5. The summed E-state index contributed by atoms with van der Waals surface area (Å²) in [6, 6.07) is 3.27. The Balaban J connectivity index is 1.99. The molecule has 0 saturated carbocycles. The van der Waals surface area contributed by atoms with Crippen LogP contribution < -0.4 is 0 Å². The number of ketones is 2. The Kier molecular flexibility index (Phi) is 5.55. The van der Waals surface area contributed by atoms with E-state index in [-0.39, 0.29) is 41.3 Å². The van der Waals surface area contributed by atoms with E-state index in [0.717, 1.165) is 30.1 Å². The molecule has 0 spiro atoms. The zero-order chi connectivity index (χ0) is 19.1. The highest BCUT2D eigenvalue weighted by Gasteiger charge is 2.51. The molecule has 0 N–H and O–H groups in total. The highest BCUT2D eigenvalue weighted by molar-refractivity contribution is 6.73. The summed E-state index contributed by atoms with van der Waals surface area (Å²) >= 11 is 0. The lowest BCUT2D eigenvalue weighted by Crippen LogP contribution is -2.51. The van der Waals surface area contributed by atoms with Gasteiger partial charge in [-0.25, -0.2) is 0 Å². The van der Waals surface area contributed by atoms with Gasteiger partial charge in [0.25, 0.3) is 0 Å². The summed E-state index contributed by atoms with van der Waals surface area (Å²) in [6.07, 6.45) is 8.75. The van der Waals surface area contributed by atoms with Gasteiger partial charge in [0.1, 0.15) is 0 Å². The van der Waals surface area contributed by atoms with Crippen molar-refractivity contribution in [3.8, 4) is 0 Å². The van der Waals surface area contributed by atoms with E-state index >= 15 is 0 Å². The second kappa shape index (κ2) is 7.39. The Morgan fingerprint density at radius 3 is 2.35 bits per heavy atom. The van der Waals surface area contributed by atoms with Crippen molar-refractivity contribution in [1.82, 2.24) is 0 Å². The van der Waals surface area contributed by atoms with Crippen LogP contribution in [0.25, 0.3) is 0 Å². The largest absolute Gasteiger partial charge is 0.410 e. The molecule has 0 saturated heterocycles. The van der Waals surface area contributed by atoms with Crippen LogP contribution >= 0.6 is 0 Å². The van der Waals surface area contributed by atoms with Crippen molar-refractivity contribution < 1.29 is 14.0 Å². The summed E-state index contributed by atoms with van der Waals surface area (Å²) in [7, 11) is -1.79. The van der Waals surface area contributed by atoms with Gasteiger partial charge in [-0.2, -0.15) is 0 Å². The molecule has 0 radical (unpaired) electrons. The zero-order valence-electron chi connectivity index (χ0n) is 16.7. The quantitative estimate of drug-likeness (QED) is 0.511. The van der Waals surface area contributed by atoms with Gasteiger partial charge >= 0.3 is 0 Å². The third kappa shape index (κ3) is 3.11. The summed E-state index contributed by atoms with van der Waals surface area (Å²) in [4.78, 5) is 25.8. The number of allylic oxidation sites excluding steroid dienone is 4. The molecular formula is C22H32O3Si. The van der Waals surface area contributed by atoms with Crippen LogP contribution in [0.2, 0.25) is 18.1 Å². The van der Waals surface area contributed by atoms with Crippen molar-refractivity contribution in [2.24, 2.45) is 23.7 Å². The maximum atomic E-state index is 13.0. The Labute approximate surface area is 158 Å². The predicted molar refractivity (Wildman–Crippen MR) is 107 cm³/mol. The molecule has 3 aliphatic carbocycles. The molecule has 0 aromatic carbocycles. The monoisotopic (exact) mass is 372 g/mol. The standard InChI is InChI=1S/C22H32O3Si/c1-6-26(7-2,8-3)25-19-12-11-18(23)20-17(19)13-15(5)16-10-9-14(4)22(24)21(16)20/h9,11-13,16-17,19-21H,6-8,10H2,1-5H3/t16-,17+,19?,20-,21+/m0/s1. The minimum absolute atomic E-state index is 0.000116. The van der Waals surface area contributed by atoms with Crippen molar-refractivity contribution in [2.45, 2.75) is 65.3 Å². The molecule has 3 rings (SSSR count). The molecule has 3 nitrogen and oxygen atoms in total. The minimum Gasteiger partial charge on any atom is -0.410 e. The molecule has 0 bridgehead atoms. The average molecular weight is 373 g/mol. The van der Waals surface area contributed by atoms with Crippen molar-refractivity contribution in [2.75, 3.05) is 0 Å². The molecule has 0 aromatic heterocycles. The van der Waals surface area contributed by atoms with Gasteiger partial charge < -0.3 is 4.43 Å². The fourth-order valence-corrected chi connectivity index (χ4v) is 7.96. The third-order valence-corrected chi connectivity index (χ3v) is 11.8. The molecule has 142 valence electrons. The lowest BCUT2D eigenvalue weighted by atomic mass is 9.58. The molecule has 26 heavy (non-hydrogen) atoms. The predicted octanol–water partition coefficient (Wildman–Crippen LogP) is 4.86. The smallest absolute Gasteiger partial charge is 0.192 e. The van der Waals surface area contributed by atoms with E-state index < -0.39 is 8.32 Å². The second-order valence-corrected chi connectivity index (χ2v) is 12.9. The van der Waals surface area contributed by atoms with Crippen molar-refractivity contribution >= 4 is 19.9 Å². The Morgan fingerprint density at radius 1 is 1.08 bits per heavy atom. The number of carbonyl (C=O) groups excluding carboxylic acids is 2. The Hall–Kier alpha value is -1.26. The molecule has 3 aliphatic rings. The van der Waals surface area contributed by atoms with E-state index in [1.54, 1.807) is 6.08 Å². The molecule has 0 aliphatic heterocycles. The zero-order valence-corrected chi connectivity index (χ0v) is 17.7. The SMILES string of the molecule is CC[Si](CC)(CC)OC1C=CC(=O)[C@H]2[C@@H]3C(=O)C(C)=CC[C@H]3C(C)=C[C@H]12. The fourth-order valence-electron chi connectivity index (χ4n) is 5.15.